The van der Waals surface area contributed by atoms with Gasteiger partial charge in [-0.2, -0.15) is 18.4 Å². The Morgan fingerprint density at radius 2 is 2.24 bits per heavy atom. The standard InChI is InChI=1S/C12H9ClF3N3O2/c13-8-7(5-17)1-3-18-9(8)19-4-2-11(6-19,10(20)21)12(14,15)16/h1,3H,2,4,6H2,(H,20,21). The fourth-order valence-electron chi connectivity index (χ4n) is 2.26. The number of anilines is 1. The molecule has 112 valence electrons. The summed E-state index contributed by atoms with van der Waals surface area (Å²) in [6.07, 6.45) is -4.23. The lowest BCUT2D eigenvalue weighted by molar-refractivity contribution is -0.225. The summed E-state index contributed by atoms with van der Waals surface area (Å²) >= 11 is 5.92. The molecule has 0 aliphatic carbocycles. The summed E-state index contributed by atoms with van der Waals surface area (Å²) in [7, 11) is 0. The number of carboxylic acid groups (broad SMARTS) is 1. The predicted molar refractivity (Wildman–Crippen MR) is 66.9 cm³/mol. The normalized spacial score (nSPS) is 22.1. The summed E-state index contributed by atoms with van der Waals surface area (Å²) in [5.41, 5.74) is -2.78. The van der Waals surface area contributed by atoms with Gasteiger partial charge in [-0.3, -0.25) is 4.79 Å². The van der Waals surface area contributed by atoms with Gasteiger partial charge in [-0.05, 0) is 12.5 Å². The quantitative estimate of drug-likeness (QED) is 0.906. The van der Waals surface area contributed by atoms with Crippen LogP contribution in [-0.2, 0) is 4.79 Å². The van der Waals surface area contributed by atoms with E-state index in [0.29, 0.717) is 0 Å². The number of rotatable bonds is 2. The zero-order valence-electron chi connectivity index (χ0n) is 10.5. The van der Waals surface area contributed by atoms with E-state index in [2.05, 4.69) is 4.98 Å². The smallest absolute Gasteiger partial charge is 0.406 e. The fourth-order valence-corrected chi connectivity index (χ4v) is 2.53. The molecule has 0 aromatic carbocycles. The molecular weight excluding hydrogens is 311 g/mol. The molecule has 1 fully saturated rings. The van der Waals surface area contributed by atoms with E-state index in [1.54, 1.807) is 6.07 Å². The van der Waals surface area contributed by atoms with Crippen LogP contribution in [0.15, 0.2) is 12.3 Å². The molecule has 0 spiro atoms. The number of alkyl halides is 3. The third kappa shape index (κ3) is 2.38. The first-order valence-electron chi connectivity index (χ1n) is 5.82. The molecule has 1 aromatic heterocycles. The van der Waals surface area contributed by atoms with Gasteiger partial charge in [0.25, 0.3) is 0 Å². The molecule has 1 aliphatic rings. The summed E-state index contributed by atoms with van der Waals surface area (Å²) in [5.74, 6) is -1.94. The first-order valence-corrected chi connectivity index (χ1v) is 6.20. The van der Waals surface area contributed by atoms with Crippen molar-refractivity contribution >= 4 is 23.4 Å². The Bertz CT molecular complexity index is 629. The summed E-state index contributed by atoms with van der Waals surface area (Å²) in [4.78, 5) is 16.1. The number of nitriles is 1. The number of halogens is 4. The molecule has 1 saturated heterocycles. The van der Waals surface area contributed by atoms with Crippen molar-refractivity contribution in [1.82, 2.24) is 4.98 Å². The lowest BCUT2D eigenvalue weighted by Crippen LogP contribution is -2.47. The van der Waals surface area contributed by atoms with Gasteiger partial charge in [-0.15, -0.1) is 0 Å². The summed E-state index contributed by atoms with van der Waals surface area (Å²) in [6, 6.07) is 3.13. The maximum absolute atomic E-state index is 13.1. The van der Waals surface area contributed by atoms with Crippen molar-refractivity contribution in [2.45, 2.75) is 12.6 Å². The van der Waals surface area contributed by atoms with Gasteiger partial charge in [0.15, 0.2) is 5.41 Å². The van der Waals surface area contributed by atoms with Gasteiger partial charge in [-0.25, -0.2) is 4.98 Å². The second-order valence-corrected chi connectivity index (χ2v) is 5.04. The molecule has 2 heterocycles. The third-order valence-electron chi connectivity index (χ3n) is 3.51. The van der Waals surface area contributed by atoms with E-state index in [4.69, 9.17) is 22.0 Å². The second kappa shape index (κ2) is 5.07. The minimum Gasteiger partial charge on any atom is -0.481 e. The van der Waals surface area contributed by atoms with Crippen molar-refractivity contribution in [3.8, 4) is 6.07 Å². The molecule has 21 heavy (non-hydrogen) atoms. The minimum absolute atomic E-state index is 0.0110. The molecular formula is C12H9ClF3N3O2. The zero-order valence-corrected chi connectivity index (χ0v) is 11.2. The molecule has 1 unspecified atom stereocenters. The van der Waals surface area contributed by atoms with Crippen molar-refractivity contribution in [3.63, 3.8) is 0 Å². The van der Waals surface area contributed by atoms with E-state index < -0.39 is 30.5 Å². The van der Waals surface area contributed by atoms with Crippen LogP contribution in [0.25, 0.3) is 0 Å². The van der Waals surface area contributed by atoms with Crippen LogP contribution in [0.2, 0.25) is 5.02 Å². The number of carboxylic acids is 1. The van der Waals surface area contributed by atoms with Crippen LogP contribution in [0.5, 0.6) is 0 Å². The average molecular weight is 320 g/mol. The Labute approximate surface area is 122 Å². The highest BCUT2D eigenvalue weighted by molar-refractivity contribution is 6.34. The van der Waals surface area contributed by atoms with Gasteiger partial charge in [-0.1, -0.05) is 11.6 Å². The van der Waals surface area contributed by atoms with E-state index >= 15 is 0 Å². The van der Waals surface area contributed by atoms with Crippen LogP contribution < -0.4 is 4.90 Å². The highest BCUT2D eigenvalue weighted by Crippen LogP contribution is 2.47. The number of hydrogen-bond acceptors (Lipinski definition) is 4. The molecule has 9 heteroatoms. The monoisotopic (exact) mass is 319 g/mol. The molecule has 0 saturated carbocycles. The Morgan fingerprint density at radius 3 is 2.71 bits per heavy atom. The molecule has 1 atom stereocenters. The van der Waals surface area contributed by atoms with Crippen molar-refractivity contribution in [3.05, 3.63) is 22.8 Å². The van der Waals surface area contributed by atoms with Crippen LogP contribution in [0.3, 0.4) is 0 Å². The topological polar surface area (TPSA) is 77.2 Å². The average Bonchev–Trinajstić information content (AvgIpc) is 2.85. The first kappa shape index (κ1) is 15.4. The van der Waals surface area contributed by atoms with E-state index in [-0.39, 0.29) is 22.9 Å². The van der Waals surface area contributed by atoms with E-state index in [1.807, 2.05) is 0 Å². The third-order valence-corrected chi connectivity index (χ3v) is 3.88. The molecule has 2 rings (SSSR count). The SMILES string of the molecule is N#Cc1ccnc(N2CCC(C(=O)O)(C(F)(F)F)C2)c1Cl. The van der Waals surface area contributed by atoms with Gasteiger partial charge in [0.1, 0.15) is 16.9 Å². The van der Waals surface area contributed by atoms with Gasteiger partial charge in [0.2, 0.25) is 0 Å². The highest BCUT2D eigenvalue weighted by Gasteiger charge is 2.64. The molecule has 1 aliphatic heterocycles. The van der Waals surface area contributed by atoms with Gasteiger partial charge in [0, 0.05) is 19.3 Å². The summed E-state index contributed by atoms with van der Waals surface area (Å²) < 4.78 is 39.3. The second-order valence-electron chi connectivity index (χ2n) is 4.66. The van der Waals surface area contributed by atoms with Crippen LogP contribution in [-0.4, -0.2) is 35.3 Å². The maximum Gasteiger partial charge on any atom is 0.406 e. The summed E-state index contributed by atoms with van der Waals surface area (Å²) in [6.45, 7) is -0.944. The van der Waals surface area contributed by atoms with E-state index in [0.717, 1.165) is 4.90 Å². The Hall–Kier alpha value is -2.01. The number of carbonyl (C=O) groups is 1. The lowest BCUT2D eigenvalue weighted by Gasteiger charge is -2.27. The van der Waals surface area contributed by atoms with Crippen molar-refractivity contribution in [2.75, 3.05) is 18.0 Å². The van der Waals surface area contributed by atoms with Gasteiger partial charge < -0.3 is 10.0 Å². The minimum atomic E-state index is -4.88. The number of nitrogens with zero attached hydrogens (tertiary/aromatic N) is 3. The molecule has 1 N–H and O–H groups in total. The Kier molecular flexibility index (Phi) is 3.72. The molecule has 0 radical (unpaired) electrons. The molecule has 1 aromatic rings. The van der Waals surface area contributed by atoms with Crippen LogP contribution in [0, 0.1) is 16.7 Å². The lowest BCUT2D eigenvalue weighted by atomic mass is 9.86. The van der Waals surface area contributed by atoms with Crippen LogP contribution in [0.4, 0.5) is 19.0 Å². The Morgan fingerprint density at radius 1 is 1.57 bits per heavy atom. The van der Waals surface area contributed by atoms with Crippen LogP contribution in [0.1, 0.15) is 12.0 Å². The highest BCUT2D eigenvalue weighted by atomic mass is 35.5. The van der Waals surface area contributed by atoms with E-state index in [1.165, 1.54) is 12.3 Å². The van der Waals surface area contributed by atoms with Crippen molar-refractivity contribution in [2.24, 2.45) is 5.41 Å². The van der Waals surface area contributed by atoms with Gasteiger partial charge >= 0.3 is 12.1 Å². The largest absolute Gasteiger partial charge is 0.481 e. The van der Waals surface area contributed by atoms with E-state index in [9.17, 15) is 18.0 Å². The zero-order chi connectivity index (χ0) is 15.8. The fraction of sp³-hybridized carbons (Fsp3) is 0.417. The number of pyridine rings is 1. The first-order chi connectivity index (χ1) is 9.73. The summed E-state index contributed by atoms with van der Waals surface area (Å²) in [5, 5.41) is 17.8. The predicted octanol–water partition coefficient (Wildman–Crippen LogP) is 2.45. The molecule has 0 bridgehead atoms. The Balaban J connectivity index is 2.39. The van der Waals surface area contributed by atoms with Crippen molar-refractivity contribution in [1.29, 1.82) is 5.26 Å². The number of aliphatic carboxylic acids is 1. The molecule has 0 amide bonds. The van der Waals surface area contributed by atoms with Crippen LogP contribution >= 0.6 is 11.6 Å². The number of aromatic nitrogens is 1. The maximum atomic E-state index is 13.1. The van der Waals surface area contributed by atoms with Gasteiger partial charge in [0.05, 0.1) is 5.56 Å². The number of hydrogen-bond donors (Lipinski definition) is 1. The van der Waals surface area contributed by atoms with Crippen molar-refractivity contribution < 1.29 is 23.1 Å². The molecule has 5 nitrogen and oxygen atoms in total.